The van der Waals surface area contributed by atoms with Crippen molar-refractivity contribution in [2.24, 2.45) is 7.05 Å². The maximum atomic E-state index is 13.1. The molecule has 8 heteroatoms. The lowest BCUT2D eigenvalue weighted by Gasteiger charge is -2.10. The fourth-order valence-corrected chi connectivity index (χ4v) is 4.00. The number of hydrogen-bond donors (Lipinski definition) is 0. The highest BCUT2D eigenvalue weighted by molar-refractivity contribution is 7.18. The zero-order valence-electron chi connectivity index (χ0n) is 14.0. The van der Waals surface area contributed by atoms with Crippen LogP contribution in [0.1, 0.15) is 5.56 Å². The van der Waals surface area contributed by atoms with Crippen LogP contribution in [0, 0.1) is 0 Å². The van der Waals surface area contributed by atoms with Gasteiger partial charge >= 0.3 is 6.18 Å². The van der Waals surface area contributed by atoms with E-state index >= 15 is 0 Å². The number of benzene rings is 1. The summed E-state index contributed by atoms with van der Waals surface area (Å²) < 4.78 is 41.0. The molecule has 0 atom stereocenters. The quantitative estimate of drug-likeness (QED) is 0.499. The molecule has 0 fully saturated rings. The number of pyridine rings is 1. The molecule has 27 heavy (non-hydrogen) atoms. The lowest BCUT2D eigenvalue weighted by Crippen LogP contribution is -2.20. The number of fused-ring (bicyclic) bond motifs is 1. The monoisotopic (exact) mass is 387 g/mol. The van der Waals surface area contributed by atoms with E-state index in [0.29, 0.717) is 26.9 Å². The van der Waals surface area contributed by atoms with Crippen molar-refractivity contribution < 1.29 is 13.2 Å². The Labute approximate surface area is 155 Å². The first-order valence-corrected chi connectivity index (χ1v) is 8.81. The second-order valence-electron chi connectivity index (χ2n) is 5.95. The number of aryl methyl sites for hydroxylation is 1. The number of thiophene rings is 1. The molecule has 3 heterocycles. The first kappa shape index (κ1) is 17.4. The van der Waals surface area contributed by atoms with Gasteiger partial charge in [0.1, 0.15) is 5.69 Å². The van der Waals surface area contributed by atoms with E-state index < -0.39 is 11.7 Å². The largest absolute Gasteiger partial charge is 0.416 e. The predicted octanol–water partition coefficient (Wildman–Crippen LogP) is 4.74. The highest BCUT2D eigenvalue weighted by Gasteiger charge is 2.31. The Bertz CT molecular complexity index is 1200. The highest BCUT2D eigenvalue weighted by Crippen LogP contribution is 2.38. The van der Waals surface area contributed by atoms with Gasteiger partial charge in [0.15, 0.2) is 0 Å². The first-order valence-electron chi connectivity index (χ1n) is 7.93. The van der Waals surface area contributed by atoms with Crippen molar-refractivity contribution in [3.05, 3.63) is 70.1 Å². The summed E-state index contributed by atoms with van der Waals surface area (Å²) >= 11 is 1.29. The topological polar surface area (TPSA) is 47.8 Å². The van der Waals surface area contributed by atoms with Gasteiger partial charge in [-0.15, -0.1) is 11.3 Å². The summed E-state index contributed by atoms with van der Waals surface area (Å²) in [4.78, 5) is 16.7. The molecular weight excluding hydrogens is 375 g/mol. The molecular formula is C19H12F3N3OS. The smallest absolute Gasteiger partial charge is 0.267 e. The summed E-state index contributed by atoms with van der Waals surface area (Å²) in [5.41, 5.74) is 1.14. The second kappa shape index (κ2) is 6.31. The zero-order valence-corrected chi connectivity index (χ0v) is 14.8. The molecule has 0 N–H and O–H groups in total. The van der Waals surface area contributed by atoms with Crippen LogP contribution in [0.3, 0.4) is 0 Å². The minimum Gasteiger partial charge on any atom is -0.267 e. The first-order chi connectivity index (χ1) is 12.9. The van der Waals surface area contributed by atoms with Gasteiger partial charge in [-0.2, -0.15) is 18.3 Å². The maximum Gasteiger partial charge on any atom is 0.416 e. The Hall–Kier alpha value is -3.00. The Morgan fingerprint density at radius 2 is 1.81 bits per heavy atom. The van der Waals surface area contributed by atoms with Crippen molar-refractivity contribution in [3.8, 4) is 22.4 Å². The number of alkyl halides is 3. The van der Waals surface area contributed by atoms with Crippen LogP contribution < -0.4 is 5.56 Å². The van der Waals surface area contributed by atoms with Gasteiger partial charge < -0.3 is 0 Å². The molecule has 0 spiro atoms. The van der Waals surface area contributed by atoms with Gasteiger partial charge in [-0.3, -0.25) is 9.78 Å². The summed E-state index contributed by atoms with van der Waals surface area (Å²) in [7, 11) is 1.49. The molecule has 4 rings (SSSR count). The summed E-state index contributed by atoms with van der Waals surface area (Å²) in [6, 6.07) is 8.54. The molecule has 0 saturated carbocycles. The maximum absolute atomic E-state index is 13.1. The van der Waals surface area contributed by atoms with Crippen LogP contribution in [0.4, 0.5) is 13.2 Å². The molecule has 4 nitrogen and oxygen atoms in total. The molecule has 0 unspecified atom stereocenters. The van der Waals surface area contributed by atoms with Gasteiger partial charge in [-0.05, 0) is 29.8 Å². The van der Waals surface area contributed by atoms with Crippen LogP contribution in [0.2, 0.25) is 0 Å². The van der Waals surface area contributed by atoms with Gasteiger partial charge in [0.2, 0.25) is 0 Å². The van der Waals surface area contributed by atoms with Crippen molar-refractivity contribution >= 4 is 21.4 Å². The molecule has 0 bridgehead atoms. The summed E-state index contributed by atoms with van der Waals surface area (Å²) in [6.07, 6.45) is -1.20. The highest BCUT2D eigenvalue weighted by atomic mass is 32.1. The van der Waals surface area contributed by atoms with Crippen LogP contribution in [0.5, 0.6) is 0 Å². The number of aromatic nitrogens is 3. The third kappa shape index (κ3) is 3.02. The van der Waals surface area contributed by atoms with Gasteiger partial charge in [0.05, 0.1) is 15.6 Å². The van der Waals surface area contributed by atoms with Crippen molar-refractivity contribution in [1.82, 2.24) is 14.8 Å². The van der Waals surface area contributed by atoms with Gasteiger partial charge in [-0.1, -0.05) is 12.1 Å². The lowest BCUT2D eigenvalue weighted by atomic mass is 10.0. The van der Waals surface area contributed by atoms with E-state index in [4.69, 9.17) is 0 Å². The van der Waals surface area contributed by atoms with Crippen molar-refractivity contribution in [1.29, 1.82) is 0 Å². The van der Waals surface area contributed by atoms with Crippen molar-refractivity contribution in [2.75, 3.05) is 0 Å². The minimum absolute atomic E-state index is 0.297. The molecule has 0 aliphatic carbocycles. The third-order valence-electron chi connectivity index (χ3n) is 4.22. The number of hydrogen-bond acceptors (Lipinski definition) is 4. The fourth-order valence-electron chi connectivity index (χ4n) is 2.92. The van der Waals surface area contributed by atoms with Crippen molar-refractivity contribution in [2.45, 2.75) is 6.18 Å². The van der Waals surface area contributed by atoms with E-state index in [0.717, 1.165) is 22.4 Å². The van der Waals surface area contributed by atoms with E-state index in [-0.39, 0.29) is 5.56 Å². The Morgan fingerprint density at radius 1 is 1.07 bits per heavy atom. The van der Waals surface area contributed by atoms with Crippen LogP contribution in [0.15, 0.2) is 59.0 Å². The van der Waals surface area contributed by atoms with Crippen LogP contribution >= 0.6 is 11.3 Å². The summed E-state index contributed by atoms with van der Waals surface area (Å²) in [6.45, 7) is 0. The molecule has 1 aromatic carbocycles. The SMILES string of the molecule is Cn1nc(-c2cccc(C(F)(F)F)c2)c2scc(-c3ccncc3)c2c1=O. The number of rotatable bonds is 2. The molecule has 3 aromatic heterocycles. The average molecular weight is 387 g/mol. The second-order valence-corrected chi connectivity index (χ2v) is 6.82. The molecule has 0 saturated heterocycles. The molecule has 0 radical (unpaired) electrons. The average Bonchev–Trinajstić information content (AvgIpc) is 3.10. The number of halogens is 3. The molecule has 0 aliphatic rings. The van der Waals surface area contributed by atoms with E-state index in [2.05, 4.69) is 10.1 Å². The normalized spacial score (nSPS) is 11.9. The van der Waals surface area contributed by atoms with E-state index in [9.17, 15) is 18.0 Å². The Balaban J connectivity index is 2.00. The molecule has 136 valence electrons. The third-order valence-corrected chi connectivity index (χ3v) is 5.21. The molecule has 0 amide bonds. The zero-order chi connectivity index (χ0) is 19.2. The lowest BCUT2D eigenvalue weighted by molar-refractivity contribution is -0.137. The molecule has 4 aromatic rings. The molecule has 0 aliphatic heterocycles. The van der Waals surface area contributed by atoms with Crippen LogP contribution in [-0.4, -0.2) is 14.8 Å². The van der Waals surface area contributed by atoms with Gasteiger partial charge in [0.25, 0.3) is 5.56 Å². The minimum atomic E-state index is -4.45. The Morgan fingerprint density at radius 3 is 2.52 bits per heavy atom. The van der Waals surface area contributed by atoms with Gasteiger partial charge in [0, 0.05) is 35.9 Å². The van der Waals surface area contributed by atoms with E-state index in [1.807, 2.05) is 5.38 Å². The van der Waals surface area contributed by atoms with Gasteiger partial charge in [-0.25, -0.2) is 4.68 Å². The van der Waals surface area contributed by atoms with Crippen LogP contribution in [0.25, 0.3) is 32.5 Å². The standard InChI is InChI=1S/C19H12F3N3OS/c1-25-18(26)15-14(11-5-7-23-8-6-11)10-27-17(15)16(24-25)12-3-2-4-13(9-12)19(20,21)22/h2-10H,1H3. The number of nitrogens with zero attached hydrogens (tertiary/aromatic N) is 3. The van der Waals surface area contributed by atoms with E-state index in [1.54, 1.807) is 30.6 Å². The summed E-state index contributed by atoms with van der Waals surface area (Å²) in [5, 5.41) is 6.50. The van der Waals surface area contributed by atoms with Crippen LogP contribution in [-0.2, 0) is 13.2 Å². The summed E-state index contributed by atoms with van der Waals surface area (Å²) in [5.74, 6) is 0. The Kier molecular flexibility index (Phi) is 4.07. The predicted molar refractivity (Wildman–Crippen MR) is 98.5 cm³/mol. The van der Waals surface area contributed by atoms with E-state index in [1.165, 1.54) is 24.5 Å². The van der Waals surface area contributed by atoms with Crippen molar-refractivity contribution in [3.63, 3.8) is 0 Å². The fraction of sp³-hybridized carbons (Fsp3) is 0.105.